The van der Waals surface area contributed by atoms with Crippen LogP contribution in [0.25, 0.3) is 0 Å². The second-order valence-corrected chi connectivity index (χ2v) is 6.89. The Morgan fingerprint density at radius 3 is 2.38 bits per heavy atom. The van der Waals surface area contributed by atoms with E-state index in [0.717, 1.165) is 24.1 Å². The molecule has 0 aliphatic carbocycles. The Morgan fingerprint density at radius 1 is 1.17 bits per heavy atom. The molecule has 0 saturated heterocycles. The topological polar surface area (TPSA) is 93.5 Å². The van der Waals surface area contributed by atoms with Crippen LogP contribution in [-0.4, -0.2) is 30.2 Å². The first-order valence-electron chi connectivity index (χ1n) is 8.27. The highest BCUT2D eigenvalue weighted by atomic mass is 16.6. The smallest absolute Gasteiger partial charge is 0.407 e. The summed E-state index contributed by atoms with van der Waals surface area (Å²) in [5.74, 6) is -0.195. The van der Waals surface area contributed by atoms with Crippen LogP contribution >= 0.6 is 0 Å². The van der Waals surface area contributed by atoms with E-state index in [1.807, 2.05) is 52.0 Å². The summed E-state index contributed by atoms with van der Waals surface area (Å²) in [4.78, 5) is 23.5. The zero-order valence-corrected chi connectivity index (χ0v) is 15.0. The maximum Gasteiger partial charge on any atom is 0.407 e. The number of anilines is 1. The summed E-state index contributed by atoms with van der Waals surface area (Å²) >= 11 is 0. The molecule has 0 radical (unpaired) electrons. The lowest BCUT2D eigenvalue weighted by molar-refractivity contribution is -0.117. The van der Waals surface area contributed by atoms with Gasteiger partial charge in [0.2, 0.25) is 5.91 Å². The van der Waals surface area contributed by atoms with Crippen molar-refractivity contribution in [3.63, 3.8) is 0 Å². The third-order valence-electron chi connectivity index (χ3n) is 3.27. The van der Waals surface area contributed by atoms with Crippen LogP contribution in [-0.2, 0) is 9.53 Å². The van der Waals surface area contributed by atoms with Crippen LogP contribution in [0.5, 0.6) is 0 Å². The van der Waals surface area contributed by atoms with Gasteiger partial charge in [-0.05, 0) is 59.1 Å². The number of hydrogen-bond acceptors (Lipinski definition) is 4. The van der Waals surface area contributed by atoms with Crippen molar-refractivity contribution in [3.05, 3.63) is 29.8 Å². The lowest BCUT2D eigenvalue weighted by Gasteiger charge is -2.19. The molecule has 134 valence electrons. The Hall–Kier alpha value is -2.08. The number of amides is 2. The molecule has 1 atom stereocenters. The van der Waals surface area contributed by atoms with E-state index in [1.54, 1.807) is 0 Å². The molecule has 24 heavy (non-hydrogen) atoms. The van der Waals surface area contributed by atoms with Gasteiger partial charge in [0.25, 0.3) is 0 Å². The summed E-state index contributed by atoms with van der Waals surface area (Å²) in [7, 11) is 0. The molecule has 0 bridgehead atoms. The Bertz CT molecular complexity index is 535. The van der Waals surface area contributed by atoms with Gasteiger partial charge in [-0.2, -0.15) is 0 Å². The highest BCUT2D eigenvalue weighted by Crippen LogP contribution is 2.10. The van der Waals surface area contributed by atoms with Crippen molar-refractivity contribution in [1.29, 1.82) is 0 Å². The van der Waals surface area contributed by atoms with Gasteiger partial charge in [0.15, 0.2) is 0 Å². The van der Waals surface area contributed by atoms with Gasteiger partial charge in [-0.15, -0.1) is 0 Å². The van der Waals surface area contributed by atoms with Crippen LogP contribution in [0.1, 0.15) is 45.6 Å². The van der Waals surface area contributed by atoms with Gasteiger partial charge in [-0.25, -0.2) is 4.79 Å². The largest absolute Gasteiger partial charge is 0.444 e. The van der Waals surface area contributed by atoms with Crippen LogP contribution < -0.4 is 16.4 Å². The van der Waals surface area contributed by atoms with Gasteiger partial charge in [-0.3, -0.25) is 4.79 Å². The second kappa shape index (κ2) is 9.27. The number of nitrogens with two attached hydrogens (primary N) is 1. The minimum absolute atomic E-state index is 0.195. The second-order valence-electron chi connectivity index (χ2n) is 6.89. The predicted octanol–water partition coefficient (Wildman–Crippen LogP) is 2.96. The average molecular weight is 335 g/mol. The normalized spacial score (nSPS) is 12.4. The lowest BCUT2D eigenvalue weighted by atomic mass is 10.1. The number of unbranched alkanes of at least 4 members (excludes halogenated alkanes) is 1. The number of nitrogens with one attached hydrogen (secondary N) is 2. The molecular weight excluding hydrogens is 306 g/mol. The number of rotatable bonds is 7. The van der Waals surface area contributed by atoms with E-state index < -0.39 is 17.7 Å². The summed E-state index contributed by atoms with van der Waals surface area (Å²) in [6.45, 7) is 7.94. The molecule has 0 aliphatic heterocycles. The van der Waals surface area contributed by atoms with Crippen molar-refractivity contribution < 1.29 is 14.3 Å². The van der Waals surface area contributed by atoms with Crippen LogP contribution in [0.3, 0.4) is 0 Å². The molecule has 0 aliphatic rings. The Labute approximate surface area is 144 Å². The molecule has 0 aromatic heterocycles. The fourth-order valence-electron chi connectivity index (χ4n) is 2.00. The van der Waals surface area contributed by atoms with E-state index in [1.165, 1.54) is 0 Å². The minimum atomic E-state index is -0.562. The van der Waals surface area contributed by atoms with Gasteiger partial charge >= 0.3 is 6.09 Å². The number of hydrogen-bond donors (Lipinski definition) is 3. The maximum absolute atomic E-state index is 12.0. The average Bonchev–Trinajstić information content (AvgIpc) is 2.47. The first-order chi connectivity index (χ1) is 11.2. The van der Waals surface area contributed by atoms with Crippen molar-refractivity contribution >= 4 is 17.7 Å². The molecule has 6 heteroatoms. The molecule has 0 spiro atoms. The molecule has 1 aromatic rings. The molecule has 0 fully saturated rings. The van der Waals surface area contributed by atoms with Gasteiger partial charge in [0.1, 0.15) is 5.60 Å². The van der Waals surface area contributed by atoms with Crippen LogP contribution in [0, 0.1) is 6.92 Å². The van der Waals surface area contributed by atoms with Gasteiger partial charge in [0, 0.05) is 12.2 Å². The molecule has 1 rings (SSSR count). The number of ether oxygens (including phenoxy) is 1. The molecule has 4 N–H and O–H groups in total. The summed E-state index contributed by atoms with van der Waals surface area (Å²) in [6.07, 6.45) is 1.63. The first kappa shape index (κ1) is 20.0. The van der Waals surface area contributed by atoms with E-state index in [0.29, 0.717) is 13.0 Å². The molecule has 6 nitrogen and oxygen atoms in total. The van der Waals surface area contributed by atoms with Gasteiger partial charge in [-0.1, -0.05) is 17.7 Å². The third-order valence-corrected chi connectivity index (χ3v) is 3.27. The highest BCUT2D eigenvalue weighted by Gasteiger charge is 2.16. The number of benzene rings is 1. The quantitative estimate of drug-likeness (QED) is 0.668. The highest BCUT2D eigenvalue weighted by molar-refractivity contribution is 5.94. The molecule has 1 aromatic carbocycles. The molecule has 0 saturated carbocycles. The Balaban J connectivity index is 2.19. The summed E-state index contributed by atoms with van der Waals surface area (Å²) in [5.41, 5.74) is 7.27. The van der Waals surface area contributed by atoms with Gasteiger partial charge in [0.05, 0.1) is 6.04 Å². The Kier molecular flexibility index (Phi) is 7.71. The van der Waals surface area contributed by atoms with Crippen molar-refractivity contribution in [2.45, 2.75) is 58.6 Å². The first-order valence-corrected chi connectivity index (χ1v) is 8.27. The van der Waals surface area contributed by atoms with E-state index in [4.69, 9.17) is 10.5 Å². The fraction of sp³-hybridized carbons (Fsp3) is 0.556. The monoisotopic (exact) mass is 335 g/mol. The van der Waals surface area contributed by atoms with Crippen LogP contribution in [0.15, 0.2) is 24.3 Å². The van der Waals surface area contributed by atoms with Crippen molar-refractivity contribution in [3.8, 4) is 0 Å². The SMILES string of the molecule is Cc1ccc(NC(=O)[C@@H](N)CCCCNC(=O)OC(C)(C)C)cc1. The summed E-state index contributed by atoms with van der Waals surface area (Å²) < 4.78 is 5.14. The zero-order valence-electron chi connectivity index (χ0n) is 15.0. The lowest BCUT2D eigenvalue weighted by Crippen LogP contribution is -2.36. The number of alkyl carbamates (subject to hydrolysis) is 1. The van der Waals surface area contributed by atoms with Crippen molar-refractivity contribution in [2.75, 3.05) is 11.9 Å². The van der Waals surface area contributed by atoms with Crippen molar-refractivity contribution in [2.24, 2.45) is 5.73 Å². The predicted molar refractivity (Wildman–Crippen MR) is 95.9 cm³/mol. The van der Waals surface area contributed by atoms with E-state index in [9.17, 15) is 9.59 Å². The van der Waals surface area contributed by atoms with Gasteiger partial charge < -0.3 is 21.1 Å². The molecule has 0 unspecified atom stereocenters. The molecule has 0 heterocycles. The molecular formula is C18H29N3O3. The maximum atomic E-state index is 12.0. The Morgan fingerprint density at radius 2 is 1.79 bits per heavy atom. The summed E-state index contributed by atoms with van der Waals surface area (Å²) in [6, 6.07) is 7.01. The van der Waals surface area contributed by atoms with E-state index in [2.05, 4.69) is 10.6 Å². The third kappa shape index (κ3) is 8.53. The van der Waals surface area contributed by atoms with Crippen molar-refractivity contribution in [1.82, 2.24) is 5.32 Å². The number of carbonyl (C=O) groups excluding carboxylic acids is 2. The summed E-state index contributed by atoms with van der Waals surface area (Å²) in [5, 5.41) is 5.48. The van der Waals surface area contributed by atoms with Crippen LogP contribution in [0.2, 0.25) is 0 Å². The van der Waals surface area contributed by atoms with E-state index >= 15 is 0 Å². The standard InChI is InChI=1S/C18H29N3O3/c1-13-8-10-14(11-9-13)21-16(22)15(19)7-5-6-12-20-17(23)24-18(2,3)4/h8-11,15H,5-7,12,19H2,1-4H3,(H,20,23)(H,21,22)/t15-/m0/s1. The number of aryl methyl sites for hydroxylation is 1. The molecule has 2 amide bonds. The zero-order chi connectivity index (χ0) is 18.2. The van der Waals surface area contributed by atoms with E-state index in [-0.39, 0.29) is 5.91 Å². The minimum Gasteiger partial charge on any atom is -0.444 e. The number of carbonyl (C=O) groups is 2. The van der Waals surface area contributed by atoms with Crippen LogP contribution in [0.4, 0.5) is 10.5 Å². The fourth-order valence-corrected chi connectivity index (χ4v) is 2.00.